The Bertz CT molecular complexity index is 634. The summed E-state index contributed by atoms with van der Waals surface area (Å²) >= 11 is 0. The van der Waals surface area contributed by atoms with Crippen molar-refractivity contribution in [1.29, 1.82) is 0 Å². The molecular weight excluding hydrogens is 264 g/mol. The van der Waals surface area contributed by atoms with Crippen LogP contribution in [-0.4, -0.2) is 13.1 Å². The molecule has 0 aliphatic heterocycles. The van der Waals surface area contributed by atoms with E-state index in [0.717, 1.165) is 5.69 Å². The molecule has 4 heteroatoms. The van der Waals surface area contributed by atoms with Crippen LogP contribution in [0.2, 0.25) is 0 Å². The van der Waals surface area contributed by atoms with Gasteiger partial charge < -0.3 is 15.8 Å². The largest absolute Gasteiger partial charge is 0.465 e. The summed E-state index contributed by atoms with van der Waals surface area (Å²) < 4.78 is 4.72. The Balaban J connectivity index is 2.24. The monoisotopic (exact) mass is 284 g/mol. The number of rotatable bonds is 4. The number of esters is 1. The van der Waals surface area contributed by atoms with Crippen molar-refractivity contribution in [2.75, 3.05) is 18.2 Å². The second-order valence-corrected chi connectivity index (χ2v) is 5.20. The Morgan fingerprint density at radius 1 is 1.14 bits per heavy atom. The van der Waals surface area contributed by atoms with Gasteiger partial charge in [0.05, 0.1) is 24.0 Å². The zero-order chi connectivity index (χ0) is 15.4. The fourth-order valence-electron chi connectivity index (χ4n) is 2.02. The highest BCUT2D eigenvalue weighted by atomic mass is 16.5. The lowest BCUT2D eigenvalue weighted by Crippen LogP contribution is -2.04. The number of benzene rings is 2. The van der Waals surface area contributed by atoms with Gasteiger partial charge in [-0.15, -0.1) is 0 Å². The van der Waals surface area contributed by atoms with Gasteiger partial charge in [0.15, 0.2) is 0 Å². The predicted molar refractivity (Wildman–Crippen MR) is 86.0 cm³/mol. The minimum absolute atomic E-state index is 0.381. The van der Waals surface area contributed by atoms with Gasteiger partial charge in [-0.2, -0.15) is 0 Å². The molecule has 0 aromatic heterocycles. The first-order valence-corrected chi connectivity index (χ1v) is 6.86. The van der Waals surface area contributed by atoms with Crippen LogP contribution in [0.3, 0.4) is 0 Å². The van der Waals surface area contributed by atoms with E-state index in [9.17, 15) is 4.79 Å². The smallest absolute Gasteiger partial charge is 0.337 e. The number of anilines is 3. The third kappa shape index (κ3) is 3.54. The molecule has 21 heavy (non-hydrogen) atoms. The van der Waals surface area contributed by atoms with Crippen LogP contribution in [0.1, 0.15) is 35.7 Å². The maximum absolute atomic E-state index is 11.6. The third-order valence-corrected chi connectivity index (χ3v) is 3.33. The number of nitrogens with two attached hydrogens (primary N) is 1. The molecule has 0 atom stereocenters. The maximum atomic E-state index is 11.6. The molecule has 0 bridgehead atoms. The van der Waals surface area contributed by atoms with Gasteiger partial charge in [-0.3, -0.25) is 0 Å². The second kappa shape index (κ2) is 6.31. The molecule has 2 aromatic rings. The summed E-state index contributed by atoms with van der Waals surface area (Å²) in [5.74, 6) is 0.111. The topological polar surface area (TPSA) is 64.3 Å². The van der Waals surface area contributed by atoms with Crippen LogP contribution in [0, 0.1) is 0 Å². The molecule has 0 amide bonds. The lowest BCUT2D eigenvalue weighted by Gasteiger charge is -2.12. The van der Waals surface area contributed by atoms with Gasteiger partial charge >= 0.3 is 5.97 Å². The first-order valence-electron chi connectivity index (χ1n) is 6.86. The number of hydrogen-bond acceptors (Lipinski definition) is 4. The zero-order valence-electron chi connectivity index (χ0n) is 12.5. The Morgan fingerprint density at radius 3 is 2.38 bits per heavy atom. The third-order valence-electron chi connectivity index (χ3n) is 3.33. The molecule has 0 saturated carbocycles. The van der Waals surface area contributed by atoms with Crippen molar-refractivity contribution in [3.8, 4) is 0 Å². The van der Waals surface area contributed by atoms with Crippen LogP contribution in [0.25, 0.3) is 0 Å². The molecule has 4 nitrogen and oxygen atoms in total. The summed E-state index contributed by atoms with van der Waals surface area (Å²) in [6.07, 6.45) is 0. The van der Waals surface area contributed by atoms with Crippen molar-refractivity contribution in [2.45, 2.75) is 19.8 Å². The zero-order valence-corrected chi connectivity index (χ0v) is 12.5. The molecule has 0 saturated heterocycles. The van der Waals surface area contributed by atoms with E-state index in [1.807, 2.05) is 12.1 Å². The molecule has 0 spiro atoms. The number of carbonyl (C=O) groups is 1. The minimum Gasteiger partial charge on any atom is -0.465 e. The molecule has 2 rings (SSSR count). The van der Waals surface area contributed by atoms with E-state index in [1.54, 1.807) is 18.2 Å². The first kappa shape index (κ1) is 14.9. The number of hydrogen-bond donors (Lipinski definition) is 2. The minimum atomic E-state index is -0.381. The van der Waals surface area contributed by atoms with E-state index in [0.29, 0.717) is 22.9 Å². The molecule has 0 heterocycles. The number of nitrogens with one attached hydrogen (secondary N) is 1. The number of nitrogen functional groups attached to an aromatic ring is 1. The molecule has 0 unspecified atom stereocenters. The number of methoxy groups -OCH3 is 1. The van der Waals surface area contributed by atoms with E-state index >= 15 is 0 Å². The SMILES string of the molecule is COC(=O)c1ccc(N)c(Nc2ccc(C(C)C)cc2)c1. The summed E-state index contributed by atoms with van der Waals surface area (Å²) in [5, 5.41) is 3.22. The van der Waals surface area contributed by atoms with Crippen molar-refractivity contribution in [3.05, 3.63) is 53.6 Å². The van der Waals surface area contributed by atoms with Crippen molar-refractivity contribution in [1.82, 2.24) is 0 Å². The van der Waals surface area contributed by atoms with Gasteiger partial charge in [-0.05, 0) is 41.8 Å². The van der Waals surface area contributed by atoms with E-state index < -0.39 is 0 Å². The van der Waals surface area contributed by atoms with Gasteiger partial charge in [-0.25, -0.2) is 4.79 Å². The highest BCUT2D eigenvalue weighted by Crippen LogP contribution is 2.26. The van der Waals surface area contributed by atoms with Crippen LogP contribution < -0.4 is 11.1 Å². The quantitative estimate of drug-likeness (QED) is 0.659. The van der Waals surface area contributed by atoms with Gasteiger partial charge in [0.25, 0.3) is 0 Å². The number of ether oxygens (including phenoxy) is 1. The Morgan fingerprint density at radius 2 is 1.81 bits per heavy atom. The van der Waals surface area contributed by atoms with E-state index in [2.05, 4.69) is 31.3 Å². The Kier molecular flexibility index (Phi) is 4.48. The van der Waals surface area contributed by atoms with E-state index in [4.69, 9.17) is 10.5 Å². The summed E-state index contributed by atoms with van der Waals surface area (Å²) in [6, 6.07) is 13.2. The van der Waals surface area contributed by atoms with Gasteiger partial charge in [0, 0.05) is 5.69 Å². The average Bonchev–Trinajstić information content (AvgIpc) is 2.49. The molecular formula is C17H20N2O2. The lowest BCUT2D eigenvalue weighted by atomic mass is 10.0. The normalized spacial score (nSPS) is 10.5. The summed E-state index contributed by atoms with van der Waals surface area (Å²) in [4.78, 5) is 11.6. The highest BCUT2D eigenvalue weighted by molar-refractivity contribution is 5.92. The van der Waals surface area contributed by atoms with E-state index in [-0.39, 0.29) is 5.97 Å². The Hall–Kier alpha value is -2.49. The lowest BCUT2D eigenvalue weighted by molar-refractivity contribution is 0.0601. The maximum Gasteiger partial charge on any atom is 0.337 e. The number of carbonyl (C=O) groups excluding carboxylic acids is 1. The van der Waals surface area contributed by atoms with Crippen molar-refractivity contribution >= 4 is 23.0 Å². The van der Waals surface area contributed by atoms with Gasteiger partial charge in [-0.1, -0.05) is 26.0 Å². The summed E-state index contributed by atoms with van der Waals surface area (Å²) in [5.41, 5.74) is 9.88. The predicted octanol–water partition coefficient (Wildman–Crippen LogP) is 3.92. The second-order valence-electron chi connectivity index (χ2n) is 5.20. The summed E-state index contributed by atoms with van der Waals surface area (Å²) in [6.45, 7) is 4.31. The highest BCUT2D eigenvalue weighted by Gasteiger charge is 2.09. The molecule has 0 aliphatic rings. The van der Waals surface area contributed by atoms with Crippen molar-refractivity contribution in [3.63, 3.8) is 0 Å². The fraction of sp³-hybridized carbons (Fsp3) is 0.235. The molecule has 0 aliphatic carbocycles. The fourth-order valence-corrected chi connectivity index (χ4v) is 2.02. The molecule has 110 valence electrons. The first-order chi connectivity index (χ1) is 10.0. The standard InChI is InChI=1S/C17H20N2O2/c1-11(2)12-4-7-14(8-5-12)19-16-10-13(17(20)21-3)6-9-15(16)18/h4-11,19H,18H2,1-3H3. The van der Waals surface area contributed by atoms with Crippen LogP contribution >= 0.6 is 0 Å². The van der Waals surface area contributed by atoms with Crippen molar-refractivity contribution in [2.24, 2.45) is 0 Å². The van der Waals surface area contributed by atoms with Crippen molar-refractivity contribution < 1.29 is 9.53 Å². The van der Waals surface area contributed by atoms with Gasteiger partial charge in [0.1, 0.15) is 0 Å². The molecule has 2 aromatic carbocycles. The Labute approximate surface area is 124 Å². The average molecular weight is 284 g/mol. The summed E-state index contributed by atoms with van der Waals surface area (Å²) in [7, 11) is 1.36. The molecule has 0 fully saturated rings. The van der Waals surface area contributed by atoms with Crippen LogP contribution in [0.5, 0.6) is 0 Å². The van der Waals surface area contributed by atoms with Gasteiger partial charge in [0.2, 0.25) is 0 Å². The van der Waals surface area contributed by atoms with Crippen LogP contribution in [0.4, 0.5) is 17.1 Å². The van der Waals surface area contributed by atoms with Crippen LogP contribution in [-0.2, 0) is 4.74 Å². The molecule has 0 radical (unpaired) electrons. The van der Waals surface area contributed by atoms with E-state index in [1.165, 1.54) is 12.7 Å². The van der Waals surface area contributed by atoms with Crippen LogP contribution in [0.15, 0.2) is 42.5 Å². The molecule has 3 N–H and O–H groups in total.